The molecular formula is C32H32F4O3. The minimum atomic E-state index is -1.30. The maximum Gasteiger partial charge on any atom is 0.346 e. The molecule has 0 aromatic heterocycles. The molecule has 0 radical (unpaired) electrons. The maximum atomic E-state index is 15.0. The van der Waals surface area contributed by atoms with E-state index in [4.69, 9.17) is 9.47 Å². The van der Waals surface area contributed by atoms with E-state index in [0.717, 1.165) is 19.3 Å². The van der Waals surface area contributed by atoms with E-state index < -0.39 is 34.8 Å². The average molecular weight is 541 g/mol. The molecule has 206 valence electrons. The lowest BCUT2D eigenvalue weighted by Gasteiger charge is -2.21. The first-order chi connectivity index (χ1) is 18.8. The van der Waals surface area contributed by atoms with Gasteiger partial charge in [-0.05, 0) is 61.1 Å². The number of unbranched alkanes of at least 4 members (excludes halogenated alkanes) is 2. The second-order valence-electron chi connectivity index (χ2n) is 9.73. The lowest BCUT2D eigenvalue weighted by molar-refractivity contribution is 0.0596. The molecule has 7 heteroatoms. The molecule has 0 aliphatic heterocycles. The van der Waals surface area contributed by atoms with Crippen molar-refractivity contribution < 1.29 is 31.8 Å². The Labute approximate surface area is 226 Å². The van der Waals surface area contributed by atoms with Crippen LogP contribution in [0, 0.1) is 29.2 Å². The van der Waals surface area contributed by atoms with Gasteiger partial charge in [-0.15, -0.1) is 0 Å². The number of halogens is 4. The minimum Gasteiger partial charge on any atom is -0.491 e. The number of rotatable bonds is 10. The van der Waals surface area contributed by atoms with Gasteiger partial charge in [0.15, 0.2) is 23.2 Å². The van der Waals surface area contributed by atoms with Crippen molar-refractivity contribution >= 4 is 5.97 Å². The van der Waals surface area contributed by atoms with Crippen LogP contribution in [0.3, 0.4) is 0 Å². The molecule has 3 aromatic carbocycles. The van der Waals surface area contributed by atoms with Gasteiger partial charge in [-0.2, -0.15) is 4.39 Å². The van der Waals surface area contributed by atoms with Crippen LogP contribution in [0.5, 0.6) is 5.75 Å². The number of carbonyl (C=O) groups is 1. The molecule has 0 bridgehead atoms. The first kappa shape index (κ1) is 28.4. The molecule has 0 saturated carbocycles. The number of carbonyl (C=O) groups excluding carboxylic acids is 1. The van der Waals surface area contributed by atoms with E-state index in [1.54, 1.807) is 6.92 Å². The summed E-state index contributed by atoms with van der Waals surface area (Å²) in [4.78, 5) is 12.6. The molecule has 0 N–H and O–H groups in total. The molecular weight excluding hydrogens is 508 g/mol. The van der Waals surface area contributed by atoms with E-state index in [-0.39, 0.29) is 23.5 Å². The van der Waals surface area contributed by atoms with Crippen molar-refractivity contribution in [2.45, 2.75) is 58.8 Å². The van der Waals surface area contributed by atoms with Gasteiger partial charge < -0.3 is 9.47 Å². The minimum absolute atomic E-state index is 0.0107. The summed E-state index contributed by atoms with van der Waals surface area (Å²) in [5.41, 5.74) is 0.127. The van der Waals surface area contributed by atoms with Gasteiger partial charge >= 0.3 is 5.97 Å². The molecule has 1 unspecified atom stereocenters. The third-order valence-electron chi connectivity index (χ3n) is 7.07. The highest BCUT2D eigenvalue weighted by Crippen LogP contribution is 2.33. The van der Waals surface area contributed by atoms with Crippen LogP contribution >= 0.6 is 0 Å². The highest BCUT2D eigenvalue weighted by molar-refractivity contribution is 5.91. The SMILES string of the molecule is CCCCCC1CC=C(OC(=O)c2ccc(-c3ccc(-c4ccc(OCC)c(F)c4F)cc3)c(F)c2F)CC1. The molecule has 0 heterocycles. The van der Waals surface area contributed by atoms with Gasteiger partial charge in [0.1, 0.15) is 5.76 Å². The van der Waals surface area contributed by atoms with Gasteiger partial charge in [-0.3, -0.25) is 0 Å². The number of ether oxygens (including phenoxy) is 2. The van der Waals surface area contributed by atoms with Gasteiger partial charge in [0.2, 0.25) is 5.82 Å². The number of benzene rings is 3. The first-order valence-electron chi connectivity index (χ1n) is 13.4. The Morgan fingerprint density at radius 1 is 0.821 bits per heavy atom. The first-order valence-corrected chi connectivity index (χ1v) is 13.4. The van der Waals surface area contributed by atoms with Crippen LogP contribution in [0.1, 0.15) is 69.2 Å². The largest absolute Gasteiger partial charge is 0.491 e. The Bertz CT molecular complexity index is 1350. The van der Waals surface area contributed by atoms with E-state index in [9.17, 15) is 18.0 Å². The molecule has 0 saturated heterocycles. The summed E-state index contributed by atoms with van der Waals surface area (Å²) in [6, 6.07) is 11.2. The second kappa shape index (κ2) is 13.0. The smallest absolute Gasteiger partial charge is 0.346 e. The number of esters is 1. The lowest BCUT2D eigenvalue weighted by Crippen LogP contribution is -2.13. The van der Waals surface area contributed by atoms with Crippen LogP contribution in [0.2, 0.25) is 0 Å². The average Bonchev–Trinajstić information content (AvgIpc) is 2.94. The van der Waals surface area contributed by atoms with Gasteiger partial charge in [-0.1, -0.05) is 62.9 Å². The lowest BCUT2D eigenvalue weighted by atomic mass is 9.89. The number of hydrogen-bond donors (Lipinski definition) is 0. The van der Waals surface area contributed by atoms with E-state index in [0.29, 0.717) is 29.2 Å². The number of hydrogen-bond acceptors (Lipinski definition) is 3. The van der Waals surface area contributed by atoms with Gasteiger partial charge in [-0.25, -0.2) is 18.0 Å². The highest BCUT2D eigenvalue weighted by atomic mass is 19.2. The topological polar surface area (TPSA) is 35.5 Å². The molecule has 0 spiro atoms. The van der Waals surface area contributed by atoms with Crippen LogP contribution < -0.4 is 4.74 Å². The Kier molecular flexibility index (Phi) is 9.44. The van der Waals surface area contributed by atoms with Crippen molar-refractivity contribution in [3.63, 3.8) is 0 Å². The van der Waals surface area contributed by atoms with E-state index in [1.165, 1.54) is 67.8 Å². The van der Waals surface area contributed by atoms with Crippen LogP contribution in [0.4, 0.5) is 17.6 Å². The Morgan fingerprint density at radius 3 is 2.05 bits per heavy atom. The van der Waals surface area contributed by atoms with E-state index in [2.05, 4.69) is 6.92 Å². The summed E-state index contributed by atoms with van der Waals surface area (Å²) < 4.78 is 69.2. The molecule has 4 rings (SSSR count). The zero-order chi connectivity index (χ0) is 27.9. The van der Waals surface area contributed by atoms with Crippen LogP contribution in [0.25, 0.3) is 22.3 Å². The van der Waals surface area contributed by atoms with Crippen LogP contribution in [-0.4, -0.2) is 12.6 Å². The zero-order valence-electron chi connectivity index (χ0n) is 22.2. The monoisotopic (exact) mass is 540 g/mol. The molecule has 0 amide bonds. The van der Waals surface area contributed by atoms with Crippen molar-refractivity contribution in [3.8, 4) is 28.0 Å². The quantitative estimate of drug-likeness (QED) is 0.146. The van der Waals surface area contributed by atoms with E-state index in [1.807, 2.05) is 6.08 Å². The molecule has 1 aliphatic carbocycles. The highest BCUT2D eigenvalue weighted by Gasteiger charge is 2.23. The van der Waals surface area contributed by atoms with Crippen molar-refractivity contribution in [2.75, 3.05) is 6.61 Å². The summed E-state index contributed by atoms with van der Waals surface area (Å²) in [7, 11) is 0. The normalized spacial score (nSPS) is 15.1. The molecule has 1 atom stereocenters. The van der Waals surface area contributed by atoms with E-state index >= 15 is 4.39 Å². The van der Waals surface area contributed by atoms with Gasteiger partial charge in [0.25, 0.3) is 0 Å². The molecule has 0 fully saturated rings. The molecule has 1 aliphatic rings. The molecule has 3 nitrogen and oxygen atoms in total. The summed E-state index contributed by atoms with van der Waals surface area (Å²) in [5, 5.41) is 0. The third kappa shape index (κ3) is 6.52. The van der Waals surface area contributed by atoms with Crippen LogP contribution in [0.15, 0.2) is 60.4 Å². The second-order valence-corrected chi connectivity index (χ2v) is 9.73. The van der Waals surface area contributed by atoms with Crippen molar-refractivity contribution in [2.24, 2.45) is 5.92 Å². The van der Waals surface area contributed by atoms with Crippen molar-refractivity contribution in [1.82, 2.24) is 0 Å². The summed E-state index contributed by atoms with van der Waals surface area (Å²) in [6.07, 6.45) is 8.88. The maximum absolute atomic E-state index is 15.0. The Hall–Kier alpha value is -3.61. The van der Waals surface area contributed by atoms with Crippen molar-refractivity contribution in [3.05, 3.63) is 89.2 Å². The van der Waals surface area contributed by atoms with Gasteiger partial charge in [0, 0.05) is 17.5 Å². The third-order valence-corrected chi connectivity index (χ3v) is 7.07. The fraction of sp³-hybridized carbons (Fsp3) is 0.344. The predicted octanol–water partition coefficient (Wildman–Crippen LogP) is 9.40. The number of allylic oxidation sites excluding steroid dienone is 2. The fourth-order valence-electron chi connectivity index (χ4n) is 4.86. The summed E-state index contributed by atoms with van der Waals surface area (Å²) in [6.45, 7) is 4.03. The zero-order valence-corrected chi connectivity index (χ0v) is 22.2. The summed E-state index contributed by atoms with van der Waals surface area (Å²) in [5.74, 6) is -4.71. The molecule has 39 heavy (non-hydrogen) atoms. The van der Waals surface area contributed by atoms with Gasteiger partial charge in [0.05, 0.1) is 12.2 Å². The fourth-order valence-corrected chi connectivity index (χ4v) is 4.86. The molecule has 3 aromatic rings. The Balaban J connectivity index is 1.47. The Morgan fingerprint density at radius 2 is 1.46 bits per heavy atom. The standard InChI is InChI=1S/C32H32F4O3/c1-3-5-6-7-20-8-14-23(15-9-20)39-32(37)26-17-16-24(28(33)30(26)35)21-10-12-22(13-11-21)25-18-19-27(38-4-2)31(36)29(25)34/h10-14,16-20H,3-9,15H2,1-2H3. The van der Waals surface area contributed by atoms with Crippen LogP contribution in [-0.2, 0) is 4.74 Å². The predicted molar refractivity (Wildman–Crippen MR) is 143 cm³/mol. The summed E-state index contributed by atoms with van der Waals surface area (Å²) >= 11 is 0. The van der Waals surface area contributed by atoms with Crippen molar-refractivity contribution in [1.29, 1.82) is 0 Å².